The maximum absolute atomic E-state index is 11.8. The van der Waals surface area contributed by atoms with Crippen LogP contribution in [0, 0.1) is 0 Å². The summed E-state index contributed by atoms with van der Waals surface area (Å²) in [5.74, 6) is -0.0935. The van der Waals surface area contributed by atoms with Gasteiger partial charge in [-0.05, 0) is 24.6 Å². The highest BCUT2D eigenvalue weighted by Gasteiger charge is 2.10. The van der Waals surface area contributed by atoms with Crippen LogP contribution in [0.1, 0.15) is 15.9 Å². The Kier molecular flexibility index (Phi) is 4.27. The van der Waals surface area contributed by atoms with Gasteiger partial charge in [-0.15, -0.1) is 0 Å². The largest absolute Gasteiger partial charge is 0.330 e. The van der Waals surface area contributed by atoms with Crippen LogP contribution in [0.2, 0.25) is 0 Å². The maximum atomic E-state index is 11.8. The first-order valence-electron chi connectivity index (χ1n) is 4.91. The minimum atomic E-state index is -0.0935. The summed E-state index contributed by atoms with van der Waals surface area (Å²) in [4.78, 5) is 11.8. The number of nitrogens with one attached hydrogen (secondary N) is 1. The van der Waals surface area contributed by atoms with Crippen molar-refractivity contribution >= 4 is 5.91 Å². The molecule has 0 aromatic heterocycles. The maximum Gasteiger partial charge on any atom is 0.265 e. The van der Waals surface area contributed by atoms with E-state index in [9.17, 15) is 4.79 Å². The summed E-state index contributed by atoms with van der Waals surface area (Å²) in [7, 11) is 3.56. The number of hydrogen-bond acceptors (Lipinski definition) is 3. The highest BCUT2D eigenvalue weighted by molar-refractivity contribution is 5.95. The molecule has 1 aromatic carbocycles. The molecule has 0 unspecified atom stereocenters. The molecule has 0 fully saturated rings. The monoisotopic (exact) mass is 207 g/mol. The molecule has 0 heterocycles. The molecule has 3 N–H and O–H groups in total. The number of carbonyl (C=O) groups excluding carboxylic acids is 1. The zero-order chi connectivity index (χ0) is 11.3. The topological polar surface area (TPSA) is 58.4 Å². The Morgan fingerprint density at radius 1 is 1.40 bits per heavy atom. The van der Waals surface area contributed by atoms with Crippen molar-refractivity contribution in [2.24, 2.45) is 5.73 Å². The fourth-order valence-electron chi connectivity index (χ4n) is 1.38. The van der Waals surface area contributed by atoms with Crippen molar-refractivity contribution in [2.45, 2.75) is 6.42 Å². The Labute approximate surface area is 90.0 Å². The van der Waals surface area contributed by atoms with Gasteiger partial charge in [0.05, 0.1) is 0 Å². The van der Waals surface area contributed by atoms with Crippen molar-refractivity contribution in [3.63, 3.8) is 0 Å². The molecule has 1 amide bonds. The normalized spacial score (nSPS) is 10.4. The molecule has 0 radical (unpaired) electrons. The van der Waals surface area contributed by atoms with Gasteiger partial charge >= 0.3 is 0 Å². The van der Waals surface area contributed by atoms with E-state index in [0.29, 0.717) is 12.1 Å². The minimum absolute atomic E-state index is 0.0935. The molecular weight excluding hydrogens is 190 g/mol. The van der Waals surface area contributed by atoms with Crippen LogP contribution in [-0.2, 0) is 6.42 Å². The Bertz CT molecular complexity index is 336. The molecule has 15 heavy (non-hydrogen) atoms. The van der Waals surface area contributed by atoms with Crippen LogP contribution in [0.3, 0.4) is 0 Å². The van der Waals surface area contributed by atoms with Gasteiger partial charge in [-0.25, -0.2) is 5.01 Å². The van der Waals surface area contributed by atoms with Crippen LogP contribution in [0.15, 0.2) is 24.3 Å². The van der Waals surface area contributed by atoms with Gasteiger partial charge in [0.1, 0.15) is 0 Å². The van der Waals surface area contributed by atoms with Crippen molar-refractivity contribution in [3.8, 4) is 0 Å². The van der Waals surface area contributed by atoms with Crippen LogP contribution in [0.4, 0.5) is 0 Å². The zero-order valence-corrected chi connectivity index (χ0v) is 9.16. The van der Waals surface area contributed by atoms with Crippen LogP contribution in [0.25, 0.3) is 0 Å². The second-order valence-electron chi connectivity index (χ2n) is 3.53. The summed E-state index contributed by atoms with van der Waals surface area (Å²) < 4.78 is 0. The van der Waals surface area contributed by atoms with E-state index >= 15 is 0 Å². The van der Waals surface area contributed by atoms with E-state index in [4.69, 9.17) is 5.73 Å². The SMILES string of the molecule is CN(C)NC(=O)c1ccccc1CCN. The number of carbonyl (C=O) groups is 1. The quantitative estimate of drug-likeness (QED) is 0.702. The first-order chi connectivity index (χ1) is 7.15. The number of rotatable bonds is 4. The van der Waals surface area contributed by atoms with E-state index < -0.39 is 0 Å². The highest BCUT2D eigenvalue weighted by atomic mass is 16.2. The van der Waals surface area contributed by atoms with Crippen LogP contribution < -0.4 is 11.2 Å². The number of nitrogens with zero attached hydrogens (tertiary/aromatic N) is 1. The highest BCUT2D eigenvalue weighted by Crippen LogP contribution is 2.08. The van der Waals surface area contributed by atoms with Gasteiger partial charge in [0.15, 0.2) is 0 Å². The van der Waals surface area contributed by atoms with Crippen molar-refractivity contribution in [1.82, 2.24) is 10.4 Å². The second-order valence-corrected chi connectivity index (χ2v) is 3.53. The lowest BCUT2D eigenvalue weighted by molar-refractivity contribution is 0.0856. The molecule has 0 aliphatic heterocycles. The van der Waals surface area contributed by atoms with Gasteiger partial charge in [0.2, 0.25) is 0 Å². The summed E-state index contributed by atoms with van der Waals surface area (Å²) in [5, 5.41) is 1.63. The van der Waals surface area contributed by atoms with Crippen molar-refractivity contribution in [3.05, 3.63) is 35.4 Å². The minimum Gasteiger partial charge on any atom is -0.330 e. The van der Waals surface area contributed by atoms with Crippen molar-refractivity contribution < 1.29 is 4.79 Å². The van der Waals surface area contributed by atoms with Gasteiger partial charge in [0.25, 0.3) is 5.91 Å². The average molecular weight is 207 g/mol. The average Bonchev–Trinajstić information content (AvgIpc) is 2.18. The van der Waals surface area contributed by atoms with Gasteiger partial charge in [-0.1, -0.05) is 18.2 Å². The van der Waals surface area contributed by atoms with Crippen molar-refractivity contribution in [1.29, 1.82) is 0 Å². The molecule has 4 nitrogen and oxygen atoms in total. The van der Waals surface area contributed by atoms with E-state index in [2.05, 4.69) is 5.43 Å². The molecule has 0 saturated carbocycles. The summed E-state index contributed by atoms with van der Waals surface area (Å²) in [6.07, 6.45) is 0.719. The molecular formula is C11H17N3O. The third-order valence-corrected chi connectivity index (χ3v) is 2.00. The molecule has 0 aliphatic rings. The number of nitrogens with two attached hydrogens (primary N) is 1. The summed E-state index contributed by atoms with van der Waals surface area (Å²) >= 11 is 0. The van der Waals surface area contributed by atoms with Crippen LogP contribution in [0.5, 0.6) is 0 Å². The molecule has 0 aliphatic carbocycles. The third-order valence-electron chi connectivity index (χ3n) is 2.00. The molecule has 0 atom stereocenters. The molecule has 4 heteroatoms. The molecule has 0 saturated heterocycles. The number of benzene rings is 1. The number of amides is 1. The van der Waals surface area contributed by atoms with E-state index in [1.807, 2.05) is 24.3 Å². The van der Waals surface area contributed by atoms with E-state index in [0.717, 1.165) is 12.0 Å². The molecule has 0 spiro atoms. The third kappa shape index (κ3) is 3.34. The zero-order valence-electron chi connectivity index (χ0n) is 9.16. The van der Waals surface area contributed by atoms with Gasteiger partial charge < -0.3 is 5.73 Å². The Balaban J connectivity index is 2.87. The summed E-state index contributed by atoms with van der Waals surface area (Å²) in [6, 6.07) is 7.50. The standard InChI is InChI=1S/C11H17N3O/c1-14(2)13-11(15)10-6-4-3-5-9(10)7-8-12/h3-6H,7-8,12H2,1-2H3,(H,13,15). The smallest absolute Gasteiger partial charge is 0.265 e. The fourth-order valence-corrected chi connectivity index (χ4v) is 1.38. The summed E-state index contributed by atoms with van der Waals surface area (Å²) in [6.45, 7) is 0.548. The van der Waals surface area contributed by atoms with Crippen LogP contribution in [-0.4, -0.2) is 31.6 Å². The van der Waals surface area contributed by atoms with Gasteiger partial charge in [0, 0.05) is 19.7 Å². The first kappa shape index (κ1) is 11.7. The van der Waals surface area contributed by atoms with Crippen molar-refractivity contribution in [2.75, 3.05) is 20.6 Å². The Hall–Kier alpha value is -1.39. The van der Waals surface area contributed by atoms with E-state index in [1.165, 1.54) is 0 Å². The van der Waals surface area contributed by atoms with Gasteiger partial charge in [-0.2, -0.15) is 0 Å². The van der Waals surface area contributed by atoms with E-state index in [1.54, 1.807) is 19.1 Å². The van der Waals surface area contributed by atoms with Gasteiger partial charge in [-0.3, -0.25) is 10.2 Å². The lowest BCUT2D eigenvalue weighted by Crippen LogP contribution is -2.36. The second kappa shape index (κ2) is 5.48. The fraction of sp³-hybridized carbons (Fsp3) is 0.364. The molecule has 0 bridgehead atoms. The Morgan fingerprint density at radius 3 is 2.67 bits per heavy atom. The number of hydrogen-bond donors (Lipinski definition) is 2. The first-order valence-corrected chi connectivity index (χ1v) is 4.91. The lowest BCUT2D eigenvalue weighted by atomic mass is 10.0. The molecule has 1 rings (SSSR count). The Morgan fingerprint density at radius 2 is 2.07 bits per heavy atom. The predicted molar refractivity (Wildman–Crippen MR) is 60.4 cm³/mol. The molecule has 82 valence electrons. The summed E-state index contributed by atoms with van der Waals surface area (Å²) in [5.41, 5.74) is 9.88. The van der Waals surface area contributed by atoms with Crippen LogP contribution >= 0.6 is 0 Å². The molecule has 1 aromatic rings. The lowest BCUT2D eigenvalue weighted by Gasteiger charge is -2.13. The number of hydrazine groups is 1. The van der Waals surface area contributed by atoms with E-state index in [-0.39, 0.29) is 5.91 Å². The predicted octanol–water partition coefficient (Wildman–Crippen LogP) is 0.394.